The molecule has 0 heterocycles. The lowest BCUT2D eigenvalue weighted by Gasteiger charge is -2.30. The van der Waals surface area contributed by atoms with Crippen LogP contribution >= 0.6 is 23.2 Å². The first-order chi connectivity index (χ1) is 13.8. The highest BCUT2D eigenvalue weighted by molar-refractivity contribution is 7.91. The molecule has 1 unspecified atom stereocenters. The SMILES string of the molecule is CCCS(=O)(=O)c1ccc(C(CC2CCC2)NC(=O)c2ccc(Cl)cc2Cl)cc1. The van der Waals surface area contributed by atoms with Gasteiger partial charge in [-0.05, 0) is 54.7 Å². The van der Waals surface area contributed by atoms with Crippen molar-refractivity contribution in [1.82, 2.24) is 5.32 Å². The third kappa shape index (κ3) is 5.53. The molecule has 3 rings (SSSR count). The molecule has 1 N–H and O–H groups in total. The van der Waals surface area contributed by atoms with Crippen molar-refractivity contribution in [2.45, 2.75) is 50.0 Å². The fourth-order valence-electron chi connectivity index (χ4n) is 3.54. The van der Waals surface area contributed by atoms with Gasteiger partial charge in [0, 0.05) is 5.02 Å². The number of hydrogen-bond donors (Lipinski definition) is 1. The molecule has 0 spiro atoms. The van der Waals surface area contributed by atoms with Crippen LogP contribution in [0, 0.1) is 5.92 Å². The van der Waals surface area contributed by atoms with Crippen LogP contribution in [0.4, 0.5) is 0 Å². The second kappa shape index (κ2) is 9.50. The quantitative estimate of drug-likeness (QED) is 0.545. The second-order valence-corrected chi connectivity index (χ2v) is 10.5. The van der Waals surface area contributed by atoms with Crippen molar-refractivity contribution < 1.29 is 13.2 Å². The van der Waals surface area contributed by atoms with E-state index in [9.17, 15) is 13.2 Å². The molecule has 0 radical (unpaired) electrons. The van der Waals surface area contributed by atoms with Crippen molar-refractivity contribution in [3.05, 3.63) is 63.6 Å². The number of carbonyl (C=O) groups is 1. The van der Waals surface area contributed by atoms with Gasteiger partial charge in [-0.15, -0.1) is 0 Å². The van der Waals surface area contributed by atoms with E-state index in [0.717, 1.165) is 24.8 Å². The molecule has 7 heteroatoms. The van der Waals surface area contributed by atoms with Crippen LogP contribution in [0.1, 0.15) is 61.0 Å². The van der Waals surface area contributed by atoms with E-state index < -0.39 is 9.84 Å². The van der Waals surface area contributed by atoms with Gasteiger partial charge in [0.05, 0.1) is 27.3 Å². The van der Waals surface area contributed by atoms with E-state index in [2.05, 4.69) is 5.32 Å². The summed E-state index contributed by atoms with van der Waals surface area (Å²) in [5.74, 6) is 0.423. The number of amides is 1. The van der Waals surface area contributed by atoms with E-state index in [1.165, 1.54) is 6.42 Å². The standard InChI is InChI=1S/C22H25Cl2NO3S/c1-2-12-29(27,28)18-9-6-16(7-10-18)21(13-15-4-3-5-15)25-22(26)19-11-8-17(23)14-20(19)24/h6-11,14-15,21H,2-5,12-13H2,1H3,(H,25,26). The normalized spacial score (nSPS) is 15.6. The summed E-state index contributed by atoms with van der Waals surface area (Å²) in [5, 5.41) is 3.85. The van der Waals surface area contributed by atoms with E-state index >= 15 is 0 Å². The number of sulfone groups is 1. The Morgan fingerprint density at radius 2 is 1.83 bits per heavy atom. The summed E-state index contributed by atoms with van der Waals surface area (Å²) in [5.41, 5.74) is 1.27. The summed E-state index contributed by atoms with van der Waals surface area (Å²) < 4.78 is 24.6. The fraction of sp³-hybridized carbons (Fsp3) is 0.409. The van der Waals surface area contributed by atoms with Crippen molar-refractivity contribution in [2.24, 2.45) is 5.92 Å². The summed E-state index contributed by atoms with van der Waals surface area (Å²) in [6.07, 6.45) is 4.90. The lowest BCUT2D eigenvalue weighted by atomic mass is 9.79. The topological polar surface area (TPSA) is 63.2 Å². The zero-order valence-corrected chi connectivity index (χ0v) is 18.7. The minimum absolute atomic E-state index is 0.129. The Morgan fingerprint density at radius 1 is 1.14 bits per heavy atom. The molecule has 156 valence electrons. The second-order valence-electron chi connectivity index (χ2n) is 7.57. The lowest BCUT2D eigenvalue weighted by Crippen LogP contribution is -2.31. The van der Waals surface area contributed by atoms with Gasteiger partial charge in [-0.2, -0.15) is 0 Å². The number of hydrogen-bond acceptors (Lipinski definition) is 3. The molecular formula is C22H25Cl2NO3S. The first-order valence-electron chi connectivity index (χ1n) is 9.89. The van der Waals surface area contributed by atoms with Gasteiger partial charge in [-0.1, -0.05) is 61.5 Å². The van der Waals surface area contributed by atoms with Gasteiger partial charge in [-0.3, -0.25) is 4.79 Å². The average molecular weight is 454 g/mol. The number of halogens is 2. The first kappa shape index (κ1) is 22.1. The molecule has 4 nitrogen and oxygen atoms in total. The lowest BCUT2D eigenvalue weighted by molar-refractivity contribution is 0.0925. The molecule has 0 aromatic heterocycles. The number of nitrogens with one attached hydrogen (secondary N) is 1. The third-order valence-corrected chi connectivity index (χ3v) is 7.87. The maximum atomic E-state index is 12.8. The largest absolute Gasteiger partial charge is 0.345 e. The molecule has 0 aliphatic heterocycles. The summed E-state index contributed by atoms with van der Waals surface area (Å²) in [6.45, 7) is 1.85. The predicted molar refractivity (Wildman–Crippen MR) is 117 cm³/mol. The molecule has 29 heavy (non-hydrogen) atoms. The van der Waals surface area contributed by atoms with E-state index in [4.69, 9.17) is 23.2 Å². The Hall–Kier alpha value is -1.56. The highest BCUT2D eigenvalue weighted by Gasteiger charge is 2.25. The Balaban J connectivity index is 1.82. The van der Waals surface area contributed by atoms with Gasteiger partial charge in [0.1, 0.15) is 0 Å². The van der Waals surface area contributed by atoms with Crippen LogP contribution in [0.2, 0.25) is 10.0 Å². The Labute approximate surface area is 182 Å². The molecule has 1 atom stereocenters. The number of benzene rings is 2. The molecule has 2 aromatic carbocycles. The van der Waals surface area contributed by atoms with Crippen molar-refractivity contribution in [3.63, 3.8) is 0 Å². The number of rotatable bonds is 8. The highest BCUT2D eigenvalue weighted by Crippen LogP contribution is 2.35. The van der Waals surface area contributed by atoms with Crippen LogP contribution in [0.25, 0.3) is 0 Å². The molecule has 1 fully saturated rings. The molecule has 1 aliphatic carbocycles. The van der Waals surface area contributed by atoms with Gasteiger partial charge in [0.25, 0.3) is 5.91 Å². The van der Waals surface area contributed by atoms with Gasteiger partial charge >= 0.3 is 0 Å². The third-order valence-electron chi connectivity index (χ3n) is 5.39. The summed E-state index contributed by atoms with van der Waals surface area (Å²) in [4.78, 5) is 13.1. The van der Waals surface area contributed by atoms with E-state index in [-0.39, 0.29) is 17.7 Å². The molecular weight excluding hydrogens is 429 g/mol. The van der Waals surface area contributed by atoms with Crippen molar-refractivity contribution >= 4 is 38.9 Å². The Kier molecular flexibility index (Phi) is 7.25. The van der Waals surface area contributed by atoms with Gasteiger partial charge in [0.15, 0.2) is 9.84 Å². The average Bonchev–Trinajstić information content (AvgIpc) is 2.63. The van der Waals surface area contributed by atoms with E-state index in [1.807, 2.05) is 6.92 Å². The first-order valence-corrected chi connectivity index (χ1v) is 12.3. The van der Waals surface area contributed by atoms with E-state index in [0.29, 0.717) is 32.8 Å². The van der Waals surface area contributed by atoms with Crippen LogP contribution in [-0.4, -0.2) is 20.1 Å². The number of carbonyl (C=O) groups excluding carboxylic acids is 1. The van der Waals surface area contributed by atoms with E-state index in [1.54, 1.807) is 42.5 Å². The molecule has 1 amide bonds. The minimum Gasteiger partial charge on any atom is -0.345 e. The summed E-state index contributed by atoms with van der Waals surface area (Å²) in [6, 6.07) is 11.5. The smallest absolute Gasteiger partial charge is 0.253 e. The highest BCUT2D eigenvalue weighted by atomic mass is 35.5. The maximum Gasteiger partial charge on any atom is 0.253 e. The maximum absolute atomic E-state index is 12.8. The van der Waals surface area contributed by atoms with Crippen molar-refractivity contribution in [1.29, 1.82) is 0 Å². The summed E-state index contributed by atoms with van der Waals surface area (Å²) in [7, 11) is -3.26. The van der Waals surface area contributed by atoms with Crippen LogP contribution < -0.4 is 5.32 Å². The zero-order valence-electron chi connectivity index (χ0n) is 16.3. The predicted octanol–water partition coefficient (Wildman–Crippen LogP) is 5.84. The zero-order chi connectivity index (χ0) is 21.0. The monoisotopic (exact) mass is 453 g/mol. The van der Waals surface area contributed by atoms with Crippen LogP contribution in [-0.2, 0) is 9.84 Å². The Bertz CT molecular complexity index is 970. The summed E-state index contributed by atoms with van der Waals surface area (Å²) >= 11 is 12.1. The van der Waals surface area contributed by atoms with Crippen LogP contribution in [0.5, 0.6) is 0 Å². The van der Waals surface area contributed by atoms with Gasteiger partial charge in [-0.25, -0.2) is 8.42 Å². The Morgan fingerprint density at radius 3 is 2.38 bits per heavy atom. The minimum atomic E-state index is -3.26. The molecule has 1 aliphatic rings. The fourth-order valence-corrected chi connectivity index (χ4v) is 5.36. The van der Waals surface area contributed by atoms with Crippen LogP contribution in [0.15, 0.2) is 47.4 Å². The molecule has 2 aromatic rings. The molecule has 0 saturated heterocycles. The van der Waals surface area contributed by atoms with Crippen molar-refractivity contribution in [3.8, 4) is 0 Å². The molecule has 1 saturated carbocycles. The van der Waals surface area contributed by atoms with Gasteiger partial charge in [0.2, 0.25) is 0 Å². The molecule has 0 bridgehead atoms. The van der Waals surface area contributed by atoms with Crippen LogP contribution in [0.3, 0.4) is 0 Å². The van der Waals surface area contributed by atoms with Crippen molar-refractivity contribution in [2.75, 3.05) is 5.75 Å². The van der Waals surface area contributed by atoms with Gasteiger partial charge < -0.3 is 5.32 Å².